The van der Waals surface area contributed by atoms with E-state index in [1.54, 1.807) is 20.8 Å². The zero-order valence-electron chi connectivity index (χ0n) is 14.6. The van der Waals surface area contributed by atoms with Crippen LogP contribution in [0, 0.1) is 5.92 Å². The van der Waals surface area contributed by atoms with Crippen molar-refractivity contribution in [3.05, 3.63) is 0 Å². The predicted molar refractivity (Wildman–Crippen MR) is 85.0 cm³/mol. The van der Waals surface area contributed by atoms with Crippen LogP contribution in [0.1, 0.15) is 66.2 Å². The summed E-state index contributed by atoms with van der Waals surface area (Å²) in [5, 5.41) is 9.45. The summed E-state index contributed by atoms with van der Waals surface area (Å²) >= 11 is 0. The summed E-state index contributed by atoms with van der Waals surface area (Å²) in [6.07, 6.45) is 5.01. The highest BCUT2D eigenvalue weighted by Gasteiger charge is 2.55. The van der Waals surface area contributed by atoms with Crippen LogP contribution in [0.25, 0.3) is 0 Å². The van der Waals surface area contributed by atoms with Gasteiger partial charge < -0.3 is 14.6 Å². The van der Waals surface area contributed by atoms with Crippen LogP contribution < -0.4 is 0 Å². The molecular weight excluding hydrogens is 298 g/mol. The molecule has 0 aromatic heterocycles. The largest absolute Gasteiger partial charge is 0.480 e. The first-order valence-electron chi connectivity index (χ1n) is 8.57. The van der Waals surface area contributed by atoms with Crippen LogP contribution in [0.4, 0.5) is 4.79 Å². The molecule has 132 valence electrons. The average molecular weight is 327 g/mol. The second-order valence-corrected chi connectivity index (χ2v) is 7.69. The zero-order valence-corrected chi connectivity index (χ0v) is 14.6. The predicted octanol–water partition coefficient (Wildman–Crippen LogP) is 3.39. The maximum absolute atomic E-state index is 12.6. The van der Waals surface area contributed by atoms with Gasteiger partial charge in [-0.1, -0.05) is 19.8 Å². The van der Waals surface area contributed by atoms with Crippen LogP contribution in [0.5, 0.6) is 0 Å². The van der Waals surface area contributed by atoms with E-state index in [-0.39, 0.29) is 6.61 Å². The Morgan fingerprint density at radius 1 is 1.30 bits per heavy atom. The molecule has 1 unspecified atom stereocenters. The van der Waals surface area contributed by atoms with Gasteiger partial charge in [-0.15, -0.1) is 0 Å². The fraction of sp³-hybridized carbons (Fsp3) is 0.882. The van der Waals surface area contributed by atoms with Crippen molar-refractivity contribution >= 4 is 12.1 Å². The second kappa shape index (κ2) is 6.67. The lowest BCUT2D eigenvalue weighted by molar-refractivity contribution is -0.146. The molecule has 2 rings (SSSR count). The Bertz CT molecular complexity index is 448. The molecular formula is C17H29NO5. The molecule has 1 amide bonds. The summed E-state index contributed by atoms with van der Waals surface area (Å²) in [6, 6.07) is -0.965. The molecule has 6 nitrogen and oxygen atoms in total. The lowest BCUT2D eigenvalue weighted by atomic mass is 9.80. The third-order valence-corrected chi connectivity index (χ3v) is 4.72. The van der Waals surface area contributed by atoms with Crippen LogP contribution in [0.2, 0.25) is 0 Å². The van der Waals surface area contributed by atoms with Gasteiger partial charge in [0.25, 0.3) is 0 Å². The Morgan fingerprint density at radius 2 is 1.91 bits per heavy atom. The van der Waals surface area contributed by atoms with Gasteiger partial charge in [-0.25, -0.2) is 9.59 Å². The third-order valence-electron chi connectivity index (χ3n) is 4.72. The summed E-state index contributed by atoms with van der Waals surface area (Å²) in [5.74, 6) is -0.401. The molecule has 1 aliphatic heterocycles. The lowest BCUT2D eigenvalue weighted by Gasteiger charge is -2.43. The minimum absolute atomic E-state index is 0.0347. The highest BCUT2D eigenvalue weighted by molar-refractivity contribution is 5.81. The van der Waals surface area contributed by atoms with Crippen LogP contribution in [0.3, 0.4) is 0 Å². The Morgan fingerprint density at radius 3 is 2.39 bits per heavy atom. The average Bonchev–Trinajstić information content (AvgIpc) is 2.79. The summed E-state index contributed by atoms with van der Waals surface area (Å²) in [5.41, 5.74) is -1.47. The molecule has 0 bridgehead atoms. The van der Waals surface area contributed by atoms with Crippen molar-refractivity contribution in [2.75, 3.05) is 6.61 Å². The molecule has 1 N–H and O–H groups in total. The van der Waals surface area contributed by atoms with Gasteiger partial charge in [0.2, 0.25) is 0 Å². The normalized spacial score (nSPS) is 31.4. The Labute approximate surface area is 138 Å². The maximum atomic E-state index is 12.6. The molecule has 1 heterocycles. The number of amides is 1. The number of carbonyl (C=O) groups excluding carboxylic acids is 1. The van der Waals surface area contributed by atoms with Crippen molar-refractivity contribution in [1.82, 2.24) is 4.90 Å². The van der Waals surface area contributed by atoms with Gasteiger partial charge in [0.1, 0.15) is 11.3 Å². The van der Waals surface area contributed by atoms with Gasteiger partial charge in [-0.2, -0.15) is 0 Å². The van der Waals surface area contributed by atoms with Crippen molar-refractivity contribution in [2.24, 2.45) is 5.92 Å². The third kappa shape index (κ3) is 3.97. The summed E-state index contributed by atoms with van der Waals surface area (Å²) in [4.78, 5) is 25.5. The molecule has 1 atom stereocenters. The molecule has 0 aromatic carbocycles. The fourth-order valence-corrected chi connectivity index (χ4v) is 3.66. The second-order valence-electron chi connectivity index (χ2n) is 7.69. The highest BCUT2D eigenvalue weighted by Crippen LogP contribution is 2.44. The first-order chi connectivity index (χ1) is 10.7. The maximum Gasteiger partial charge on any atom is 0.413 e. The van der Waals surface area contributed by atoms with Crippen molar-refractivity contribution in [2.45, 2.75) is 83.6 Å². The quantitative estimate of drug-likeness (QED) is 0.860. The molecule has 1 saturated heterocycles. The van der Waals surface area contributed by atoms with Gasteiger partial charge in [0, 0.05) is 0 Å². The van der Waals surface area contributed by atoms with Gasteiger partial charge in [0.05, 0.1) is 6.61 Å². The van der Waals surface area contributed by atoms with Gasteiger partial charge in [-0.3, -0.25) is 4.90 Å². The lowest BCUT2D eigenvalue weighted by Crippen LogP contribution is -2.56. The monoisotopic (exact) mass is 327 g/mol. The van der Waals surface area contributed by atoms with E-state index in [1.165, 1.54) is 11.3 Å². The number of rotatable bonds is 3. The number of hydrogen-bond acceptors (Lipinski definition) is 4. The molecule has 2 aliphatic rings. The number of carboxylic acid groups (broad SMARTS) is 1. The van der Waals surface area contributed by atoms with E-state index in [0.717, 1.165) is 19.3 Å². The van der Waals surface area contributed by atoms with E-state index < -0.39 is 29.4 Å². The van der Waals surface area contributed by atoms with Gasteiger partial charge >= 0.3 is 12.1 Å². The Hall–Kier alpha value is -1.30. The van der Waals surface area contributed by atoms with E-state index in [4.69, 9.17) is 9.47 Å². The van der Waals surface area contributed by atoms with E-state index in [1.807, 2.05) is 0 Å². The minimum Gasteiger partial charge on any atom is -0.480 e. The number of nitrogens with zero attached hydrogens (tertiary/aromatic N) is 1. The van der Waals surface area contributed by atoms with Crippen molar-refractivity contribution in [1.29, 1.82) is 0 Å². The summed E-state index contributed by atoms with van der Waals surface area (Å²) in [7, 11) is 0. The van der Waals surface area contributed by atoms with Gasteiger partial charge in [-0.05, 0) is 52.4 Å². The SMILES string of the molecule is CCCC1CCC2(CC1)OCC(C(=O)O)N2C(=O)OC(C)(C)C. The van der Waals surface area contributed by atoms with E-state index >= 15 is 0 Å². The van der Waals surface area contributed by atoms with E-state index in [0.29, 0.717) is 18.8 Å². The zero-order chi connectivity index (χ0) is 17.3. The molecule has 1 aliphatic carbocycles. The Balaban J connectivity index is 2.18. The number of aliphatic carboxylic acids is 1. The summed E-state index contributed by atoms with van der Waals surface area (Å²) in [6.45, 7) is 7.55. The molecule has 0 aromatic rings. The molecule has 2 fully saturated rings. The molecule has 0 radical (unpaired) electrons. The van der Waals surface area contributed by atoms with Crippen molar-refractivity contribution < 1.29 is 24.2 Å². The van der Waals surface area contributed by atoms with E-state index in [2.05, 4.69) is 6.92 Å². The highest BCUT2D eigenvalue weighted by atomic mass is 16.6. The molecule has 23 heavy (non-hydrogen) atoms. The fourth-order valence-electron chi connectivity index (χ4n) is 3.66. The topological polar surface area (TPSA) is 76.1 Å². The first-order valence-corrected chi connectivity index (χ1v) is 8.57. The van der Waals surface area contributed by atoms with Crippen LogP contribution in [-0.2, 0) is 14.3 Å². The minimum atomic E-state index is -1.04. The smallest absolute Gasteiger partial charge is 0.413 e. The summed E-state index contributed by atoms with van der Waals surface area (Å²) < 4.78 is 11.3. The first kappa shape index (κ1) is 18.0. The number of ether oxygens (including phenoxy) is 2. The number of carboxylic acids is 1. The van der Waals surface area contributed by atoms with Crippen molar-refractivity contribution in [3.8, 4) is 0 Å². The molecule has 1 saturated carbocycles. The van der Waals surface area contributed by atoms with Gasteiger partial charge in [0.15, 0.2) is 6.04 Å². The van der Waals surface area contributed by atoms with Crippen LogP contribution >= 0.6 is 0 Å². The number of hydrogen-bond donors (Lipinski definition) is 1. The molecule has 1 spiro atoms. The van der Waals surface area contributed by atoms with Crippen LogP contribution in [-0.4, -0.2) is 46.0 Å². The van der Waals surface area contributed by atoms with Crippen molar-refractivity contribution in [3.63, 3.8) is 0 Å². The Kier molecular flexibility index (Phi) is 5.23. The van der Waals surface area contributed by atoms with E-state index in [9.17, 15) is 14.7 Å². The van der Waals surface area contributed by atoms with Crippen LogP contribution in [0.15, 0.2) is 0 Å². The molecule has 6 heteroatoms. The number of carbonyl (C=O) groups is 2. The standard InChI is InChI=1S/C17H29NO5/c1-5-6-12-7-9-17(10-8-12)18(13(11-22-17)14(19)20)15(21)23-16(2,3)4/h12-13H,5-11H2,1-4H3,(H,19,20).